The number of benzene rings is 1. The molecule has 0 radical (unpaired) electrons. The van der Waals surface area contributed by atoms with Crippen molar-refractivity contribution in [3.8, 4) is 0 Å². The smallest absolute Gasteiger partial charge is 0.191 e. The molecule has 2 aromatic rings. The molecule has 2 atom stereocenters. The summed E-state index contributed by atoms with van der Waals surface area (Å²) in [4.78, 5) is 10.6. The molecule has 2 N–H and O–H groups in total. The summed E-state index contributed by atoms with van der Waals surface area (Å²) in [5, 5.41) is 11.9. The molecule has 3 rings (SSSR count). The lowest BCUT2D eigenvalue weighted by atomic mass is 10.1. The van der Waals surface area contributed by atoms with E-state index in [1.165, 1.54) is 4.90 Å². The molecule has 0 amide bonds. The molecule has 7 nitrogen and oxygen atoms in total. The van der Waals surface area contributed by atoms with Crippen LogP contribution in [0, 0.1) is 0 Å². The first kappa shape index (κ1) is 20.7. The number of methoxy groups -OCH3 is 1. The van der Waals surface area contributed by atoms with Crippen LogP contribution < -0.4 is 10.6 Å². The molecule has 0 fully saturated rings. The monoisotopic (exact) mass is 402 g/mol. The van der Waals surface area contributed by atoms with Crippen LogP contribution in [0.3, 0.4) is 0 Å². The number of nitrogens with one attached hydrogen (secondary N) is 2. The molecule has 28 heavy (non-hydrogen) atoms. The van der Waals surface area contributed by atoms with Gasteiger partial charge in [-0.05, 0) is 25.5 Å². The Morgan fingerprint density at radius 1 is 1.39 bits per heavy atom. The molecule has 1 aromatic carbocycles. The van der Waals surface area contributed by atoms with Crippen LogP contribution in [0.2, 0.25) is 0 Å². The number of aromatic nitrogens is 3. The van der Waals surface area contributed by atoms with Crippen molar-refractivity contribution >= 4 is 17.7 Å². The fraction of sp³-hybridized carbons (Fsp3) is 0.550. The van der Waals surface area contributed by atoms with Crippen LogP contribution in [0.4, 0.5) is 0 Å². The predicted octanol–water partition coefficient (Wildman–Crippen LogP) is 2.48. The van der Waals surface area contributed by atoms with Gasteiger partial charge in [0.15, 0.2) is 11.8 Å². The maximum Gasteiger partial charge on any atom is 0.191 e. The van der Waals surface area contributed by atoms with Crippen molar-refractivity contribution < 1.29 is 4.74 Å². The zero-order valence-corrected chi connectivity index (χ0v) is 17.7. The van der Waals surface area contributed by atoms with E-state index >= 15 is 0 Å². The number of ether oxygens (including phenoxy) is 1. The summed E-state index contributed by atoms with van der Waals surface area (Å²) in [6.45, 7) is 7.15. The third-order valence-electron chi connectivity index (χ3n) is 4.45. The second-order valence-electron chi connectivity index (χ2n) is 6.90. The lowest BCUT2D eigenvalue weighted by Crippen LogP contribution is -2.47. The van der Waals surface area contributed by atoms with Crippen molar-refractivity contribution in [1.82, 2.24) is 25.4 Å². The van der Waals surface area contributed by atoms with Crippen molar-refractivity contribution in [2.45, 2.75) is 56.0 Å². The van der Waals surface area contributed by atoms with Crippen LogP contribution in [-0.2, 0) is 24.3 Å². The number of thioether (sulfide) groups is 1. The maximum atomic E-state index is 5.14. The largest absolute Gasteiger partial charge is 0.377 e. The molecular weight excluding hydrogens is 372 g/mol. The molecule has 0 aliphatic carbocycles. The first-order valence-corrected chi connectivity index (χ1v) is 10.7. The number of rotatable bonds is 8. The minimum Gasteiger partial charge on any atom is -0.377 e. The summed E-state index contributed by atoms with van der Waals surface area (Å²) < 4.78 is 7.13. The number of aliphatic imine (C=N–C) groups is 1. The molecule has 0 spiro atoms. The Bertz CT molecular complexity index is 763. The van der Waals surface area contributed by atoms with Crippen LogP contribution in [-0.4, -0.2) is 52.2 Å². The zero-order chi connectivity index (χ0) is 19.8. The fourth-order valence-corrected chi connectivity index (χ4v) is 4.10. The Morgan fingerprint density at radius 2 is 2.21 bits per heavy atom. The Balaban J connectivity index is 1.55. The third kappa shape index (κ3) is 5.97. The number of aryl methyl sites for hydroxylation is 1. The highest BCUT2D eigenvalue weighted by molar-refractivity contribution is 8.00. The second kappa shape index (κ2) is 10.5. The topological polar surface area (TPSA) is 76.4 Å². The first-order valence-electron chi connectivity index (χ1n) is 9.86. The van der Waals surface area contributed by atoms with Gasteiger partial charge in [0, 0.05) is 36.3 Å². The first-order chi connectivity index (χ1) is 13.7. The van der Waals surface area contributed by atoms with Crippen molar-refractivity contribution in [3.63, 3.8) is 0 Å². The fourth-order valence-electron chi connectivity index (χ4n) is 3.17. The molecule has 152 valence electrons. The summed E-state index contributed by atoms with van der Waals surface area (Å²) in [6, 6.07) is 10.8. The number of fused-ring (bicyclic) bond motifs is 1. The van der Waals surface area contributed by atoms with Gasteiger partial charge in [-0.1, -0.05) is 25.1 Å². The van der Waals surface area contributed by atoms with Gasteiger partial charge in [0.2, 0.25) is 0 Å². The highest BCUT2D eigenvalue weighted by Crippen LogP contribution is 2.22. The van der Waals surface area contributed by atoms with Gasteiger partial charge in [-0.2, -0.15) is 5.10 Å². The van der Waals surface area contributed by atoms with Crippen molar-refractivity contribution in [3.05, 3.63) is 42.0 Å². The van der Waals surface area contributed by atoms with Gasteiger partial charge in [-0.15, -0.1) is 11.8 Å². The molecule has 1 aliphatic rings. The van der Waals surface area contributed by atoms with E-state index in [0.29, 0.717) is 17.9 Å². The average molecular weight is 403 g/mol. The lowest BCUT2D eigenvalue weighted by molar-refractivity contribution is 0.177. The van der Waals surface area contributed by atoms with E-state index in [-0.39, 0.29) is 0 Å². The van der Waals surface area contributed by atoms with Crippen molar-refractivity contribution in [2.75, 3.05) is 20.2 Å². The van der Waals surface area contributed by atoms with Crippen LogP contribution in [0.15, 0.2) is 40.2 Å². The van der Waals surface area contributed by atoms with Gasteiger partial charge in [-0.25, -0.2) is 9.67 Å². The number of hydrogen-bond acceptors (Lipinski definition) is 5. The highest BCUT2D eigenvalue weighted by atomic mass is 32.2. The van der Waals surface area contributed by atoms with E-state index in [9.17, 15) is 0 Å². The summed E-state index contributed by atoms with van der Waals surface area (Å²) in [7, 11) is 1.67. The molecule has 2 unspecified atom stereocenters. The molecule has 1 aliphatic heterocycles. The highest BCUT2D eigenvalue weighted by Gasteiger charge is 2.22. The Hall–Kier alpha value is -2.06. The zero-order valence-electron chi connectivity index (χ0n) is 16.9. The molecule has 2 heterocycles. The molecule has 0 bridgehead atoms. The number of hydrogen-bond donors (Lipinski definition) is 2. The van der Waals surface area contributed by atoms with Gasteiger partial charge in [0.25, 0.3) is 0 Å². The van der Waals surface area contributed by atoms with E-state index in [0.717, 1.165) is 50.1 Å². The van der Waals surface area contributed by atoms with Crippen LogP contribution in [0.1, 0.15) is 31.9 Å². The summed E-state index contributed by atoms with van der Waals surface area (Å²) in [5.74, 6) is 2.67. The van der Waals surface area contributed by atoms with Crippen molar-refractivity contribution in [2.24, 2.45) is 4.99 Å². The quantitative estimate of drug-likeness (QED) is 0.401. The van der Waals surface area contributed by atoms with Crippen molar-refractivity contribution in [1.29, 1.82) is 0 Å². The SMILES string of the molecule is CCNC(=NCC(C)Sc1ccccc1)NC1CCc2nc(COC)nn2C1. The van der Waals surface area contributed by atoms with Crippen LogP contribution in [0.5, 0.6) is 0 Å². The second-order valence-corrected chi connectivity index (χ2v) is 8.41. The predicted molar refractivity (Wildman–Crippen MR) is 114 cm³/mol. The van der Waals surface area contributed by atoms with E-state index in [4.69, 9.17) is 9.73 Å². The molecule has 0 saturated carbocycles. The third-order valence-corrected chi connectivity index (χ3v) is 5.54. The van der Waals surface area contributed by atoms with Gasteiger partial charge >= 0.3 is 0 Å². The van der Waals surface area contributed by atoms with E-state index < -0.39 is 0 Å². The maximum absolute atomic E-state index is 5.14. The summed E-state index contributed by atoms with van der Waals surface area (Å²) in [5.41, 5.74) is 0. The molecular formula is C20H30N6OS. The number of nitrogens with zero attached hydrogens (tertiary/aromatic N) is 4. The van der Waals surface area contributed by atoms with Crippen LogP contribution >= 0.6 is 11.8 Å². The number of guanidine groups is 1. The molecule has 1 aromatic heterocycles. The minimum absolute atomic E-state index is 0.291. The molecule has 0 saturated heterocycles. The average Bonchev–Trinajstić information content (AvgIpc) is 3.09. The standard InChI is InChI=1S/C20H30N6OS/c1-4-21-20(22-12-15(2)28-17-8-6-5-7-9-17)23-16-10-11-19-24-18(14-27-3)25-26(19)13-16/h5-9,15-16H,4,10-14H2,1-3H3,(H2,21,22,23). The lowest BCUT2D eigenvalue weighted by Gasteiger charge is -2.25. The van der Waals surface area contributed by atoms with E-state index in [1.807, 2.05) is 22.5 Å². The molecule has 8 heteroatoms. The van der Waals surface area contributed by atoms with Gasteiger partial charge < -0.3 is 15.4 Å². The Kier molecular flexibility index (Phi) is 7.73. The normalized spacial score (nSPS) is 17.8. The Morgan fingerprint density at radius 3 is 2.96 bits per heavy atom. The van der Waals surface area contributed by atoms with E-state index in [1.54, 1.807) is 7.11 Å². The summed E-state index contributed by atoms with van der Waals surface area (Å²) >= 11 is 1.85. The van der Waals surface area contributed by atoms with Crippen LogP contribution in [0.25, 0.3) is 0 Å². The van der Waals surface area contributed by atoms with Gasteiger partial charge in [0.1, 0.15) is 12.4 Å². The van der Waals surface area contributed by atoms with Gasteiger partial charge in [-0.3, -0.25) is 4.99 Å². The van der Waals surface area contributed by atoms with E-state index in [2.05, 4.69) is 58.8 Å². The van der Waals surface area contributed by atoms with Gasteiger partial charge in [0.05, 0.1) is 13.1 Å². The minimum atomic E-state index is 0.291. The summed E-state index contributed by atoms with van der Waals surface area (Å²) in [6.07, 6.45) is 1.93. The Labute approximate surface area is 171 Å².